The van der Waals surface area contributed by atoms with Crippen LogP contribution in [-0.2, 0) is 19.1 Å². The molecule has 0 radical (unpaired) electrons. The van der Waals surface area contributed by atoms with Crippen LogP contribution in [0.5, 0.6) is 0 Å². The van der Waals surface area contributed by atoms with E-state index in [1.54, 1.807) is 0 Å². The molecule has 0 aliphatic rings. The minimum Gasteiger partial charge on any atom is -0.480 e. The predicted molar refractivity (Wildman–Crippen MR) is 62.3 cm³/mol. The molecule has 0 aromatic heterocycles. The molecule has 0 amide bonds. The number of carboxylic acids is 1. The number of carbonyl (C=O) groups excluding carboxylic acids is 1. The molecule has 0 aliphatic carbocycles. The van der Waals surface area contributed by atoms with Gasteiger partial charge in [-0.15, -0.1) is 22.5 Å². The monoisotopic (exact) mass is 302 g/mol. The van der Waals surface area contributed by atoms with Crippen molar-refractivity contribution in [3.05, 3.63) is 10.1 Å². The van der Waals surface area contributed by atoms with Gasteiger partial charge >= 0.3 is 12.1 Å². The quantitative estimate of drug-likeness (QED) is 0.258. The number of hydrogen-bond acceptors (Lipinski definition) is 8. The second kappa shape index (κ2) is 11.3. The van der Waals surface area contributed by atoms with Gasteiger partial charge in [-0.25, -0.2) is 4.79 Å². The fourth-order valence-corrected chi connectivity index (χ4v) is 0.769. The number of nitrogens with two attached hydrogens (primary N) is 1. The Bertz CT molecular complexity index is 300. The fraction of sp³-hybridized carbons (Fsp3) is 0.750. The van der Waals surface area contributed by atoms with Crippen molar-refractivity contribution < 1.29 is 34.1 Å². The topological polar surface area (TPSA) is 151 Å². The summed E-state index contributed by atoms with van der Waals surface area (Å²) in [6, 6.07) is -1.30. The molecule has 19 heavy (non-hydrogen) atoms. The lowest BCUT2D eigenvalue weighted by molar-refractivity contribution is -0.757. The van der Waals surface area contributed by atoms with Crippen molar-refractivity contribution in [1.29, 1.82) is 0 Å². The Morgan fingerprint density at radius 3 is 2.37 bits per heavy atom. The number of carbonyl (C=O) groups is 2. The zero-order valence-electron chi connectivity index (χ0n) is 9.85. The van der Waals surface area contributed by atoms with Crippen LogP contribution in [0.25, 0.3) is 0 Å². The summed E-state index contributed by atoms with van der Waals surface area (Å²) in [5.41, 5.74) is 5.07. The van der Waals surface area contributed by atoms with Crippen LogP contribution in [0.3, 0.4) is 0 Å². The lowest BCUT2D eigenvalue weighted by Crippen LogP contribution is -2.35. The molecule has 112 valence electrons. The van der Waals surface area contributed by atoms with E-state index in [1.807, 2.05) is 0 Å². The van der Waals surface area contributed by atoms with Crippen molar-refractivity contribution in [1.82, 2.24) is 0 Å². The first kappa shape index (κ1) is 19.5. The van der Waals surface area contributed by atoms with E-state index in [2.05, 4.69) is 14.3 Å². The summed E-state index contributed by atoms with van der Waals surface area (Å²) < 4.78 is 8.95. The number of rotatable bonds is 9. The number of hydrogen-bond donors (Lipinski definition) is 2. The fourth-order valence-electron chi connectivity index (χ4n) is 0.769. The van der Waals surface area contributed by atoms with Gasteiger partial charge in [0.15, 0.2) is 0 Å². The second-order valence-electron chi connectivity index (χ2n) is 3.12. The number of nitrogens with zero attached hydrogens (tertiary/aromatic N) is 1. The van der Waals surface area contributed by atoms with E-state index in [-0.39, 0.29) is 25.6 Å². The number of aliphatic carboxylic acids is 1. The number of halogens is 1. The molecule has 0 saturated heterocycles. The summed E-state index contributed by atoms with van der Waals surface area (Å²) >= 11 is 0. The zero-order chi connectivity index (χ0) is 14.0. The third-order valence-electron chi connectivity index (χ3n) is 1.65. The smallest absolute Gasteiger partial charge is 0.480 e. The lowest BCUT2D eigenvalue weighted by Gasteiger charge is -2.08. The van der Waals surface area contributed by atoms with Crippen LogP contribution >= 0.6 is 12.4 Å². The maximum Gasteiger partial charge on any atom is 0.508 e. The minimum atomic E-state index is -1.30. The average Bonchev–Trinajstić information content (AvgIpc) is 2.29. The predicted octanol–water partition coefficient (Wildman–Crippen LogP) is -0.0382. The summed E-state index contributed by atoms with van der Waals surface area (Å²) in [6.45, 7) is -0.587. The van der Waals surface area contributed by atoms with E-state index >= 15 is 0 Å². The first-order chi connectivity index (χ1) is 8.43. The van der Waals surface area contributed by atoms with Crippen molar-refractivity contribution in [2.24, 2.45) is 5.73 Å². The summed E-state index contributed by atoms with van der Waals surface area (Å²) in [4.78, 5) is 34.9. The van der Waals surface area contributed by atoms with Crippen molar-refractivity contribution >= 4 is 24.5 Å². The van der Waals surface area contributed by atoms with E-state index in [0.29, 0.717) is 12.8 Å². The minimum absolute atomic E-state index is 0. The Balaban J connectivity index is 0. The van der Waals surface area contributed by atoms with Crippen LogP contribution < -0.4 is 5.73 Å². The Labute approximate surface area is 114 Å². The van der Waals surface area contributed by atoms with Gasteiger partial charge in [-0.2, -0.15) is 0 Å². The average molecular weight is 303 g/mol. The summed E-state index contributed by atoms with van der Waals surface area (Å²) in [7, 11) is 0. The molecule has 0 aliphatic heterocycles. The molecule has 1 atom stereocenters. The van der Waals surface area contributed by atoms with Crippen LogP contribution in [0.4, 0.5) is 4.79 Å². The van der Waals surface area contributed by atoms with Gasteiger partial charge in [-0.1, -0.05) is 0 Å². The molecular formula is C8H15ClN2O8. The summed E-state index contributed by atoms with van der Waals surface area (Å²) in [5, 5.41) is 17.2. The van der Waals surface area contributed by atoms with Crippen molar-refractivity contribution in [3.63, 3.8) is 0 Å². The van der Waals surface area contributed by atoms with Crippen LogP contribution in [0.1, 0.15) is 12.8 Å². The summed E-state index contributed by atoms with van der Waals surface area (Å²) in [5.74, 6) is -1.29. The number of ether oxygens (including phenoxy) is 2. The molecular weight excluding hydrogens is 288 g/mol. The van der Waals surface area contributed by atoms with Crippen molar-refractivity contribution in [3.8, 4) is 0 Å². The van der Waals surface area contributed by atoms with E-state index < -0.39 is 29.9 Å². The number of carboxylic acid groups (broad SMARTS) is 1. The standard InChI is InChI=1S/C8H14N2O8.ClH/c9-6(7(11)12)5-17-8(13)16-3-1-2-4-18-10(14)15;/h6H,1-5,9H2,(H,11,12);1H. The van der Waals surface area contributed by atoms with E-state index in [1.165, 1.54) is 0 Å². The van der Waals surface area contributed by atoms with Gasteiger partial charge in [0.2, 0.25) is 0 Å². The Kier molecular flexibility index (Phi) is 11.6. The van der Waals surface area contributed by atoms with Gasteiger partial charge < -0.3 is 25.2 Å². The van der Waals surface area contributed by atoms with Gasteiger partial charge in [-0.05, 0) is 12.8 Å². The molecule has 0 aromatic rings. The molecule has 0 heterocycles. The van der Waals surface area contributed by atoms with Gasteiger partial charge in [-0.3, -0.25) is 4.79 Å². The highest BCUT2D eigenvalue weighted by Crippen LogP contribution is 1.94. The Morgan fingerprint density at radius 2 is 1.84 bits per heavy atom. The van der Waals surface area contributed by atoms with E-state index in [9.17, 15) is 19.7 Å². The molecule has 0 rings (SSSR count). The third kappa shape index (κ3) is 12.4. The normalized spacial score (nSPS) is 10.8. The highest BCUT2D eigenvalue weighted by Gasteiger charge is 2.14. The van der Waals surface area contributed by atoms with Crippen molar-refractivity contribution in [2.75, 3.05) is 19.8 Å². The zero-order valence-corrected chi connectivity index (χ0v) is 10.7. The van der Waals surface area contributed by atoms with Crippen LogP contribution in [-0.4, -0.2) is 48.2 Å². The van der Waals surface area contributed by atoms with Gasteiger partial charge in [0.25, 0.3) is 5.09 Å². The second-order valence-corrected chi connectivity index (χ2v) is 3.12. The summed E-state index contributed by atoms with van der Waals surface area (Å²) in [6.07, 6.45) is -0.349. The first-order valence-corrected chi connectivity index (χ1v) is 4.98. The van der Waals surface area contributed by atoms with E-state index in [4.69, 9.17) is 10.8 Å². The molecule has 0 saturated carbocycles. The molecule has 0 bridgehead atoms. The SMILES string of the molecule is Cl.NC(COC(=O)OCCCCO[N+](=O)[O-])C(=O)O. The molecule has 0 aromatic carbocycles. The van der Waals surface area contributed by atoms with Gasteiger partial charge in [0.05, 0.1) is 13.2 Å². The van der Waals surface area contributed by atoms with Crippen LogP contribution in [0.15, 0.2) is 0 Å². The molecule has 3 N–H and O–H groups in total. The molecule has 1 unspecified atom stereocenters. The molecule has 0 fully saturated rings. The lowest BCUT2D eigenvalue weighted by atomic mass is 10.3. The largest absolute Gasteiger partial charge is 0.508 e. The van der Waals surface area contributed by atoms with Gasteiger partial charge in [0, 0.05) is 0 Å². The highest BCUT2D eigenvalue weighted by molar-refractivity contribution is 5.85. The maximum atomic E-state index is 10.9. The third-order valence-corrected chi connectivity index (χ3v) is 1.65. The maximum absolute atomic E-state index is 10.9. The number of unbranched alkanes of at least 4 members (excludes halogenated alkanes) is 1. The van der Waals surface area contributed by atoms with E-state index in [0.717, 1.165) is 0 Å². The Morgan fingerprint density at radius 1 is 1.26 bits per heavy atom. The van der Waals surface area contributed by atoms with Crippen LogP contribution in [0.2, 0.25) is 0 Å². The van der Waals surface area contributed by atoms with Crippen molar-refractivity contribution in [2.45, 2.75) is 18.9 Å². The van der Waals surface area contributed by atoms with Crippen LogP contribution in [0, 0.1) is 10.1 Å². The first-order valence-electron chi connectivity index (χ1n) is 4.98. The molecule has 0 spiro atoms. The molecule has 10 nitrogen and oxygen atoms in total. The van der Waals surface area contributed by atoms with Gasteiger partial charge in [0.1, 0.15) is 12.6 Å². The Hall–Kier alpha value is -1.81. The molecule has 11 heteroatoms. The highest BCUT2D eigenvalue weighted by atomic mass is 35.5.